The second-order valence-corrected chi connectivity index (χ2v) is 10.8. The predicted octanol–water partition coefficient (Wildman–Crippen LogP) is 3.68. The first-order valence-electron chi connectivity index (χ1n) is 10.7. The summed E-state index contributed by atoms with van der Waals surface area (Å²) in [6, 6.07) is 11.7. The van der Waals surface area contributed by atoms with Crippen LogP contribution in [0.25, 0.3) is 0 Å². The molecule has 0 spiro atoms. The van der Waals surface area contributed by atoms with Crippen molar-refractivity contribution in [1.29, 1.82) is 0 Å². The molecule has 10 heteroatoms. The Morgan fingerprint density at radius 1 is 1.21 bits per heavy atom. The highest BCUT2D eigenvalue weighted by Gasteiger charge is 2.28. The van der Waals surface area contributed by atoms with Crippen molar-refractivity contribution in [1.82, 2.24) is 14.3 Å². The summed E-state index contributed by atoms with van der Waals surface area (Å²) < 4.78 is 34.5. The van der Waals surface area contributed by atoms with Crippen LogP contribution in [0.5, 0.6) is 5.75 Å². The molecular weight excluding hydrogens is 483 g/mol. The molecule has 1 aliphatic carbocycles. The van der Waals surface area contributed by atoms with Crippen LogP contribution in [-0.2, 0) is 29.9 Å². The number of aromatic nitrogens is 2. The van der Waals surface area contributed by atoms with Crippen molar-refractivity contribution in [3.05, 3.63) is 75.7 Å². The second kappa shape index (κ2) is 10.0. The minimum Gasteiger partial charge on any atom is -0.492 e. The largest absolute Gasteiger partial charge is 0.492 e. The van der Waals surface area contributed by atoms with Crippen LogP contribution in [0.1, 0.15) is 29.0 Å². The van der Waals surface area contributed by atoms with Crippen LogP contribution in [0, 0.1) is 0 Å². The van der Waals surface area contributed by atoms with Gasteiger partial charge in [-0.2, -0.15) is 0 Å². The highest BCUT2D eigenvalue weighted by molar-refractivity contribution is 7.89. The molecule has 4 rings (SSSR count). The van der Waals surface area contributed by atoms with E-state index in [4.69, 9.17) is 33.7 Å². The molecule has 0 fully saturated rings. The zero-order valence-electron chi connectivity index (χ0n) is 18.2. The van der Waals surface area contributed by atoms with Crippen LogP contribution in [-0.4, -0.2) is 37.2 Å². The number of nitrogens with one attached hydrogen (secondary N) is 1. The van der Waals surface area contributed by atoms with Crippen molar-refractivity contribution in [2.75, 3.05) is 13.2 Å². The molecule has 0 amide bonds. The molecule has 7 nitrogen and oxygen atoms in total. The highest BCUT2D eigenvalue weighted by atomic mass is 35.5. The Labute approximate surface area is 203 Å². The Balaban J connectivity index is 1.42. The van der Waals surface area contributed by atoms with Crippen molar-refractivity contribution in [3.8, 4) is 5.75 Å². The first-order valence-corrected chi connectivity index (χ1v) is 12.9. The van der Waals surface area contributed by atoms with Crippen molar-refractivity contribution >= 4 is 33.2 Å². The van der Waals surface area contributed by atoms with E-state index in [2.05, 4.69) is 15.8 Å². The van der Waals surface area contributed by atoms with Crippen LogP contribution in [0.3, 0.4) is 0 Å². The third-order valence-corrected chi connectivity index (χ3v) is 7.92. The van der Waals surface area contributed by atoms with Gasteiger partial charge in [0.25, 0.3) is 10.0 Å². The molecule has 2 aromatic carbocycles. The average molecular weight is 509 g/mol. The zero-order valence-corrected chi connectivity index (χ0v) is 20.5. The molecule has 0 unspecified atom stereocenters. The van der Waals surface area contributed by atoms with E-state index in [1.807, 2.05) is 24.3 Å². The van der Waals surface area contributed by atoms with E-state index in [9.17, 15) is 8.42 Å². The van der Waals surface area contributed by atoms with E-state index in [0.717, 1.165) is 30.4 Å². The number of nitrogens with zero attached hydrogens (tertiary/aromatic N) is 2. The average Bonchev–Trinajstić information content (AvgIpc) is 3.23. The van der Waals surface area contributed by atoms with Gasteiger partial charge in [-0.25, -0.2) is 18.1 Å². The number of imidazole rings is 1. The van der Waals surface area contributed by atoms with E-state index < -0.39 is 10.0 Å². The molecule has 1 aromatic heterocycles. The lowest BCUT2D eigenvalue weighted by Gasteiger charge is -2.32. The zero-order chi connectivity index (χ0) is 23.6. The molecule has 2 atom stereocenters. The monoisotopic (exact) mass is 508 g/mol. The molecule has 33 heavy (non-hydrogen) atoms. The Hall–Kier alpha value is -2.10. The number of nitrogens with two attached hydrogens (primary N) is 1. The van der Waals surface area contributed by atoms with Gasteiger partial charge in [-0.3, -0.25) is 0 Å². The number of fused-ring (bicyclic) bond motifs is 1. The van der Waals surface area contributed by atoms with Crippen LogP contribution in [0.2, 0.25) is 10.0 Å². The van der Waals surface area contributed by atoms with Crippen LogP contribution in [0.15, 0.2) is 53.9 Å². The van der Waals surface area contributed by atoms with Crippen LogP contribution < -0.4 is 15.2 Å². The fraction of sp³-hybridized carbons (Fsp3) is 0.348. The summed E-state index contributed by atoms with van der Waals surface area (Å²) in [5.41, 5.74) is 9.99. The summed E-state index contributed by atoms with van der Waals surface area (Å²) >= 11 is 12.3. The van der Waals surface area contributed by atoms with Crippen molar-refractivity contribution < 1.29 is 13.2 Å². The number of rotatable bonds is 8. The lowest BCUT2D eigenvalue weighted by Crippen LogP contribution is -2.34. The highest BCUT2D eigenvalue weighted by Crippen LogP contribution is 2.36. The number of ether oxygens (including phenoxy) is 1. The van der Waals surface area contributed by atoms with Gasteiger partial charge in [0, 0.05) is 31.7 Å². The SMILES string of the molecule is Cn1cnc(S(=O)(=O)NCCOc2ccc3c(c2)[C@@H](Cc2ccc(Cl)c(Cl)c2)[C@@H](N)CC3)c1. The summed E-state index contributed by atoms with van der Waals surface area (Å²) in [7, 11) is -1.95. The maximum atomic E-state index is 12.3. The van der Waals surface area contributed by atoms with E-state index in [0.29, 0.717) is 15.8 Å². The third kappa shape index (κ3) is 5.70. The van der Waals surface area contributed by atoms with Gasteiger partial charge in [-0.15, -0.1) is 0 Å². The van der Waals surface area contributed by atoms with Gasteiger partial charge < -0.3 is 15.0 Å². The normalized spacial score (nSPS) is 18.2. The van der Waals surface area contributed by atoms with E-state index >= 15 is 0 Å². The van der Waals surface area contributed by atoms with E-state index in [-0.39, 0.29) is 30.1 Å². The number of hydrogen-bond donors (Lipinski definition) is 2. The Morgan fingerprint density at radius 2 is 2.03 bits per heavy atom. The molecule has 176 valence electrons. The Morgan fingerprint density at radius 3 is 2.76 bits per heavy atom. The minimum atomic E-state index is -3.66. The standard InChI is InChI=1S/C23H26Cl2N4O3S/c1-29-13-23(27-14-29)33(30,31)28-8-9-32-17-5-3-16-4-7-22(26)19(18(16)12-17)10-15-2-6-20(24)21(25)11-15/h2-3,5-6,11-14,19,22,28H,4,7-10,26H2,1H3/t19-,22+/m1/s1. The van der Waals surface area contributed by atoms with E-state index in [1.54, 1.807) is 17.7 Å². The molecule has 0 radical (unpaired) electrons. The summed E-state index contributed by atoms with van der Waals surface area (Å²) in [6.45, 7) is 0.316. The molecule has 1 heterocycles. The van der Waals surface area contributed by atoms with Crippen molar-refractivity contribution in [2.45, 2.75) is 36.2 Å². The number of aryl methyl sites for hydroxylation is 2. The minimum absolute atomic E-state index is 0.0158. The first kappa shape index (κ1) is 24.0. The smallest absolute Gasteiger partial charge is 0.259 e. The molecule has 0 bridgehead atoms. The van der Waals surface area contributed by atoms with Gasteiger partial charge in [-0.1, -0.05) is 35.3 Å². The number of halogens is 2. The number of sulfonamides is 1. The molecule has 0 saturated carbocycles. The predicted molar refractivity (Wildman–Crippen MR) is 130 cm³/mol. The quantitative estimate of drug-likeness (QED) is 0.452. The van der Waals surface area contributed by atoms with Crippen LogP contribution >= 0.6 is 23.2 Å². The fourth-order valence-corrected chi connectivity index (χ4v) is 5.43. The lowest BCUT2D eigenvalue weighted by molar-refractivity contribution is 0.321. The molecule has 0 saturated heterocycles. The summed E-state index contributed by atoms with van der Waals surface area (Å²) in [4.78, 5) is 3.88. The van der Waals surface area contributed by atoms with Gasteiger partial charge in [0.1, 0.15) is 12.4 Å². The van der Waals surface area contributed by atoms with Gasteiger partial charge in [0.15, 0.2) is 5.03 Å². The Bertz CT molecular complexity index is 1250. The number of benzene rings is 2. The lowest BCUT2D eigenvalue weighted by atomic mass is 9.76. The molecule has 1 aliphatic rings. The third-order valence-electron chi connectivity index (χ3n) is 5.84. The molecule has 3 aromatic rings. The maximum absolute atomic E-state index is 12.3. The summed E-state index contributed by atoms with van der Waals surface area (Å²) in [5.74, 6) is 0.802. The Kier molecular flexibility index (Phi) is 7.31. The molecule has 3 N–H and O–H groups in total. The van der Waals surface area contributed by atoms with E-state index in [1.165, 1.54) is 18.1 Å². The van der Waals surface area contributed by atoms with Crippen LogP contribution in [0.4, 0.5) is 0 Å². The topological polar surface area (TPSA) is 99.2 Å². The number of hydrogen-bond acceptors (Lipinski definition) is 5. The summed E-state index contributed by atoms with van der Waals surface area (Å²) in [6.07, 6.45) is 5.46. The summed E-state index contributed by atoms with van der Waals surface area (Å²) in [5, 5.41) is 1.05. The maximum Gasteiger partial charge on any atom is 0.259 e. The van der Waals surface area contributed by atoms with Gasteiger partial charge in [-0.05, 0) is 60.2 Å². The van der Waals surface area contributed by atoms with Gasteiger partial charge >= 0.3 is 0 Å². The molecule has 0 aliphatic heterocycles. The van der Waals surface area contributed by atoms with Gasteiger partial charge in [0.05, 0.1) is 16.4 Å². The van der Waals surface area contributed by atoms with Crippen molar-refractivity contribution in [3.63, 3.8) is 0 Å². The first-order chi connectivity index (χ1) is 15.7. The fourth-order valence-electron chi connectivity index (χ4n) is 4.12. The van der Waals surface area contributed by atoms with Crippen molar-refractivity contribution in [2.24, 2.45) is 12.8 Å². The molecular formula is C23H26Cl2N4O3S. The second-order valence-electron chi connectivity index (χ2n) is 8.25. The van der Waals surface area contributed by atoms with Gasteiger partial charge in [0.2, 0.25) is 0 Å².